The lowest BCUT2D eigenvalue weighted by atomic mass is 10.1. The third-order valence-electron chi connectivity index (χ3n) is 3.39. The van der Waals surface area contributed by atoms with E-state index in [1.54, 1.807) is 49.5 Å². The summed E-state index contributed by atoms with van der Waals surface area (Å²) in [6.07, 6.45) is 0. The largest absolute Gasteiger partial charge is 0.337 e. The first-order chi connectivity index (χ1) is 11.4. The number of hydrogen-bond acceptors (Lipinski definition) is 4. The molecule has 7 heteroatoms. The number of benzene rings is 2. The quantitative estimate of drug-likeness (QED) is 0.675. The molecule has 0 aromatic heterocycles. The lowest BCUT2D eigenvalue weighted by molar-refractivity contribution is -0.385. The predicted molar refractivity (Wildman–Crippen MR) is 89.6 cm³/mol. The lowest BCUT2D eigenvalue weighted by Gasteiger charge is -2.17. The molecule has 0 bridgehead atoms. The van der Waals surface area contributed by atoms with E-state index in [0.717, 1.165) is 0 Å². The molecular formula is C17H17N3O4. The van der Waals surface area contributed by atoms with Gasteiger partial charge in [-0.3, -0.25) is 19.7 Å². The Morgan fingerprint density at radius 1 is 1.12 bits per heavy atom. The molecule has 2 aromatic carbocycles. The maximum atomic E-state index is 12.4. The van der Waals surface area contributed by atoms with Gasteiger partial charge in [-0.05, 0) is 24.3 Å². The van der Waals surface area contributed by atoms with Gasteiger partial charge in [0, 0.05) is 36.9 Å². The molecule has 1 N–H and O–H groups in total. The van der Waals surface area contributed by atoms with Crippen LogP contribution in [-0.4, -0.2) is 28.7 Å². The fourth-order valence-corrected chi connectivity index (χ4v) is 2.27. The molecular weight excluding hydrogens is 310 g/mol. The van der Waals surface area contributed by atoms with E-state index in [9.17, 15) is 19.7 Å². The van der Waals surface area contributed by atoms with E-state index >= 15 is 0 Å². The minimum absolute atomic E-state index is 0.0156. The Balaban J connectivity index is 2.12. The van der Waals surface area contributed by atoms with E-state index in [4.69, 9.17) is 0 Å². The van der Waals surface area contributed by atoms with Gasteiger partial charge in [0.2, 0.25) is 5.91 Å². The van der Waals surface area contributed by atoms with Gasteiger partial charge in [-0.2, -0.15) is 0 Å². The highest BCUT2D eigenvalue weighted by Crippen LogP contribution is 2.20. The second-order valence-corrected chi connectivity index (χ2v) is 5.31. The summed E-state index contributed by atoms with van der Waals surface area (Å²) in [5.74, 6) is -0.454. The van der Waals surface area contributed by atoms with Crippen molar-refractivity contribution in [1.82, 2.24) is 4.90 Å². The van der Waals surface area contributed by atoms with E-state index in [1.165, 1.54) is 17.9 Å². The molecule has 0 radical (unpaired) electrons. The molecule has 0 saturated carbocycles. The van der Waals surface area contributed by atoms with E-state index in [1.807, 2.05) is 0 Å². The molecule has 0 saturated heterocycles. The number of para-hydroxylation sites is 1. The van der Waals surface area contributed by atoms with Gasteiger partial charge in [-0.15, -0.1) is 0 Å². The van der Waals surface area contributed by atoms with Crippen LogP contribution in [0.15, 0.2) is 48.5 Å². The molecule has 124 valence electrons. The zero-order valence-electron chi connectivity index (χ0n) is 13.4. The maximum Gasteiger partial charge on any atom is 0.274 e. The first-order valence-corrected chi connectivity index (χ1v) is 7.24. The number of nitro benzene ring substituents is 1. The molecule has 2 aromatic rings. The van der Waals surface area contributed by atoms with Crippen LogP contribution in [0.1, 0.15) is 22.8 Å². The van der Waals surface area contributed by atoms with Crippen LogP contribution >= 0.6 is 0 Å². The smallest absolute Gasteiger partial charge is 0.274 e. The second kappa shape index (κ2) is 7.36. The third-order valence-corrected chi connectivity index (χ3v) is 3.39. The van der Waals surface area contributed by atoms with Crippen molar-refractivity contribution >= 4 is 23.2 Å². The molecule has 0 aliphatic heterocycles. The van der Waals surface area contributed by atoms with Crippen LogP contribution in [-0.2, 0) is 11.3 Å². The van der Waals surface area contributed by atoms with Gasteiger partial charge in [0.25, 0.3) is 11.6 Å². The highest BCUT2D eigenvalue weighted by Gasteiger charge is 2.17. The van der Waals surface area contributed by atoms with Crippen LogP contribution in [0.4, 0.5) is 11.4 Å². The van der Waals surface area contributed by atoms with Crippen molar-refractivity contribution in [1.29, 1.82) is 0 Å². The standard InChI is InChI=1S/C17H17N3O4/c1-12(21)18-15-9-7-13(8-10-15)17(22)19(2)11-14-5-3-4-6-16(14)20(23)24/h3-10H,11H2,1-2H3,(H,18,21). The summed E-state index contributed by atoms with van der Waals surface area (Å²) in [6.45, 7) is 1.53. The summed E-state index contributed by atoms with van der Waals surface area (Å²) in [5.41, 5.74) is 1.48. The van der Waals surface area contributed by atoms with Gasteiger partial charge in [0.1, 0.15) is 0 Å². The van der Waals surface area contributed by atoms with Crippen LogP contribution in [0.25, 0.3) is 0 Å². The normalized spacial score (nSPS) is 10.1. The third kappa shape index (κ3) is 4.16. The molecule has 0 aliphatic carbocycles. The van der Waals surface area contributed by atoms with Crippen LogP contribution < -0.4 is 5.32 Å². The number of nitrogens with one attached hydrogen (secondary N) is 1. The highest BCUT2D eigenvalue weighted by atomic mass is 16.6. The van der Waals surface area contributed by atoms with Gasteiger partial charge in [0.05, 0.1) is 11.5 Å². The van der Waals surface area contributed by atoms with Crippen LogP contribution in [0.2, 0.25) is 0 Å². The summed E-state index contributed by atoms with van der Waals surface area (Å²) < 4.78 is 0. The first kappa shape index (κ1) is 17.1. The van der Waals surface area contributed by atoms with Crippen LogP contribution in [0.5, 0.6) is 0 Å². The fourth-order valence-electron chi connectivity index (χ4n) is 2.27. The van der Waals surface area contributed by atoms with Gasteiger partial charge < -0.3 is 10.2 Å². The maximum absolute atomic E-state index is 12.4. The average Bonchev–Trinajstić information content (AvgIpc) is 2.54. The number of rotatable bonds is 5. The molecule has 0 aliphatic rings. The van der Waals surface area contributed by atoms with Crippen molar-refractivity contribution in [3.05, 3.63) is 69.8 Å². The molecule has 0 fully saturated rings. The van der Waals surface area contributed by atoms with Crippen molar-refractivity contribution in [3.63, 3.8) is 0 Å². The molecule has 2 amide bonds. The summed E-state index contributed by atoms with van der Waals surface area (Å²) in [7, 11) is 1.58. The minimum atomic E-state index is -0.462. The van der Waals surface area contributed by atoms with Gasteiger partial charge in [-0.25, -0.2) is 0 Å². The Labute approximate surface area is 139 Å². The predicted octanol–water partition coefficient (Wildman–Crippen LogP) is 2.83. The topological polar surface area (TPSA) is 92.6 Å². The van der Waals surface area contributed by atoms with Crippen molar-refractivity contribution < 1.29 is 14.5 Å². The van der Waals surface area contributed by atoms with Gasteiger partial charge >= 0.3 is 0 Å². The summed E-state index contributed by atoms with van der Waals surface area (Å²) >= 11 is 0. The van der Waals surface area contributed by atoms with E-state index in [0.29, 0.717) is 16.8 Å². The SMILES string of the molecule is CC(=O)Nc1ccc(C(=O)N(C)Cc2ccccc2[N+](=O)[O-])cc1. The zero-order valence-corrected chi connectivity index (χ0v) is 13.4. The minimum Gasteiger partial charge on any atom is -0.337 e. The zero-order chi connectivity index (χ0) is 17.7. The molecule has 0 unspecified atom stereocenters. The number of nitrogens with zero attached hydrogens (tertiary/aromatic N) is 2. The average molecular weight is 327 g/mol. The van der Waals surface area contributed by atoms with Crippen molar-refractivity contribution in [2.75, 3.05) is 12.4 Å². The van der Waals surface area contributed by atoms with Gasteiger partial charge in [-0.1, -0.05) is 18.2 Å². The molecule has 7 nitrogen and oxygen atoms in total. The number of carbonyl (C=O) groups is 2. The molecule has 24 heavy (non-hydrogen) atoms. The number of nitro groups is 1. The summed E-state index contributed by atoms with van der Waals surface area (Å²) in [4.78, 5) is 35.4. The van der Waals surface area contributed by atoms with Crippen molar-refractivity contribution in [2.24, 2.45) is 0 Å². The number of amides is 2. The molecule has 0 spiro atoms. The second-order valence-electron chi connectivity index (χ2n) is 5.31. The Hall–Kier alpha value is -3.22. The van der Waals surface area contributed by atoms with E-state index < -0.39 is 4.92 Å². The van der Waals surface area contributed by atoms with Crippen LogP contribution in [0.3, 0.4) is 0 Å². The van der Waals surface area contributed by atoms with Crippen molar-refractivity contribution in [3.8, 4) is 0 Å². The number of anilines is 1. The molecule has 0 atom stereocenters. The first-order valence-electron chi connectivity index (χ1n) is 7.24. The fraction of sp³-hybridized carbons (Fsp3) is 0.176. The van der Waals surface area contributed by atoms with E-state index in [-0.39, 0.29) is 24.0 Å². The summed E-state index contributed by atoms with van der Waals surface area (Å²) in [5, 5.41) is 13.7. The Kier molecular flexibility index (Phi) is 5.26. The number of hydrogen-bond donors (Lipinski definition) is 1. The lowest BCUT2D eigenvalue weighted by Crippen LogP contribution is -2.26. The summed E-state index contributed by atoms with van der Waals surface area (Å²) in [6, 6.07) is 12.8. The molecule has 0 heterocycles. The Morgan fingerprint density at radius 2 is 1.75 bits per heavy atom. The van der Waals surface area contributed by atoms with E-state index in [2.05, 4.69) is 5.32 Å². The van der Waals surface area contributed by atoms with Crippen molar-refractivity contribution in [2.45, 2.75) is 13.5 Å². The van der Waals surface area contributed by atoms with Crippen LogP contribution in [0, 0.1) is 10.1 Å². The highest BCUT2D eigenvalue weighted by molar-refractivity contribution is 5.95. The monoisotopic (exact) mass is 327 g/mol. The number of carbonyl (C=O) groups excluding carboxylic acids is 2. The Bertz CT molecular complexity index is 772. The van der Waals surface area contributed by atoms with Gasteiger partial charge in [0.15, 0.2) is 0 Å². The molecule has 2 rings (SSSR count). The Morgan fingerprint density at radius 3 is 2.33 bits per heavy atom.